The summed E-state index contributed by atoms with van der Waals surface area (Å²) in [6.45, 7) is 2.19. The van der Waals surface area contributed by atoms with Crippen molar-refractivity contribution in [1.29, 1.82) is 0 Å². The minimum absolute atomic E-state index is 0.00496. The zero-order valence-corrected chi connectivity index (χ0v) is 23.4. The smallest absolute Gasteiger partial charge is 0.264 e. The summed E-state index contributed by atoms with van der Waals surface area (Å²) in [5.41, 5.74) is 1.99. The Kier molecular flexibility index (Phi) is 6.17. The lowest BCUT2D eigenvalue weighted by molar-refractivity contribution is -0.148. The molecule has 4 amide bonds. The van der Waals surface area contributed by atoms with Gasteiger partial charge < -0.3 is 24.2 Å². The Morgan fingerprint density at radius 1 is 0.976 bits per heavy atom. The fourth-order valence-corrected chi connectivity index (χ4v) is 7.84. The highest BCUT2D eigenvalue weighted by Crippen LogP contribution is 2.49. The van der Waals surface area contributed by atoms with Crippen molar-refractivity contribution in [2.75, 3.05) is 45.3 Å². The minimum Gasteiger partial charge on any atom is -0.493 e. The number of amides is 4. The van der Waals surface area contributed by atoms with E-state index >= 15 is 0 Å². The van der Waals surface area contributed by atoms with E-state index in [0.29, 0.717) is 59.3 Å². The van der Waals surface area contributed by atoms with Crippen molar-refractivity contribution in [2.45, 2.75) is 44.3 Å². The molecule has 4 atom stereocenters. The maximum absolute atomic E-state index is 13.9. The third-order valence-corrected chi connectivity index (χ3v) is 9.58. The zero-order chi connectivity index (χ0) is 28.4. The first kappa shape index (κ1) is 25.9. The highest BCUT2D eigenvalue weighted by atomic mass is 16.5. The van der Waals surface area contributed by atoms with E-state index in [2.05, 4.69) is 4.90 Å². The molecule has 2 aromatic carbocycles. The van der Waals surface area contributed by atoms with E-state index in [-0.39, 0.29) is 48.6 Å². The average molecular weight is 559 g/mol. The number of para-hydroxylation sites is 1. The van der Waals surface area contributed by atoms with Crippen molar-refractivity contribution in [3.8, 4) is 11.5 Å². The van der Waals surface area contributed by atoms with Gasteiger partial charge in [-0.25, -0.2) is 0 Å². The average Bonchev–Trinajstić information content (AvgIpc) is 3.29. The van der Waals surface area contributed by atoms with Crippen LogP contribution in [-0.2, 0) is 9.59 Å². The SMILES string of the molecule is COc1ccc2c(c1OC)C(=O)N1c3ccccc3C(=O)N(CCC(=O)N3CC4CC(C3)C3CCCC(=O)N3C4)C21. The fraction of sp³-hybridized carbons (Fsp3) is 0.484. The molecule has 0 radical (unpaired) electrons. The van der Waals surface area contributed by atoms with Gasteiger partial charge >= 0.3 is 0 Å². The van der Waals surface area contributed by atoms with Crippen LogP contribution in [0.2, 0.25) is 0 Å². The molecule has 10 heteroatoms. The summed E-state index contributed by atoms with van der Waals surface area (Å²) in [7, 11) is 3.01. The number of ether oxygens (including phenoxy) is 2. The number of fused-ring (bicyclic) bond motifs is 9. The van der Waals surface area contributed by atoms with Gasteiger partial charge in [-0.3, -0.25) is 24.1 Å². The van der Waals surface area contributed by atoms with Crippen molar-refractivity contribution in [3.63, 3.8) is 0 Å². The normalized spacial score (nSPS) is 26.3. The van der Waals surface area contributed by atoms with Gasteiger partial charge in [0.05, 0.1) is 31.0 Å². The topological polar surface area (TPSA) is 99.7 Å². The molecule has 3 saturated heterocycles. The molecule has 4 unspecified atom stereocenters. The number of carbonyl (C=O) groups excluding carboxylic acids is 4. The predicted molar refractivity (Wildman–Crippen MR) is 149 cm³/mol. The number of benzene rings is 2. The van der Waals surface area contributed by atoms with Gasteiger partial charge in [-0.2, -0.15) is 0 Å². The summed E-state index contributed by atoms with van der Waals surface area (Å²) in [4.78, 5) is 61.2. The highest BCUT2D eigenvalue weighted by molar-refractivity contribution is 6.18. The van der Waals surface area contributed by atoms with E-state index in [1.807, 2.05) is 11.0 Å². The molecule has 41 heavy (non-hydrogen) atoms. The summed E-state index contributed by atoms with van der Waals surface area (Å²) in [5, 5.41) is 0. The van der Waals surface area contributed by atoms with Crippen LogP contribution in [0.4, 0.5) is 5.69 Å². The lowest BCUT2D eigenvalue weighted by atomic mass is 9.76. The van der Waals surface area contributed by atoms with Crippen molar-refractivity contribution < 1.29 is 28.7 Å². The summed E-state index contributed by atoms with van der Waals surface area (Å²) < 4.78 is 11.1. The second-order valence-corrected chi connectivity index (χ2v) is 11.7. The lowest BCUT2D eigenvalue weighted by Gasteiger charge is -2.52. The Balaban J connectivity index is 1.16. The number of rotatable bonds is 5. The number of piperidine rings is 3. The molecule has 2 aromatic rings. The standard InChI is InChI=1S/C31H34N4O6/c1-40-24-11-10-21-27(28(24)41-2)31(39)35-23-7-4-3-6-20(23)30(38)33(29(21)35)13-12-25(36)32-15-18-14-19(17-32)22-8-5-9-26(37)34(22)16-18/h3-4,6-7,10-11,18-19,22,29H,5,8-9,12-17H2,1-2H3. The van der Waals surface area contributed by atoms with Gasteiger partial charge in [0.25, 0.3) is 11.8 Å². The maximum Gasteiger partial charge on any atom is 0.264 e. The third kappa shape index (κ3) is 3.90. The molecular formula is C31H34N4O6. The Morgan fingerprint density at radius 3 is 2.61 bits per heavy atom. The van der Waals surface area contributed by atoms with E-state index in [4.69, 9.17) is 9.47 Å². The number of likely N-dealkylation sites (tertiary alicyclic amines) is 1. The van der Waals surface area contributed by atoms with Crippen molar-refractivity contribution in [2.24, 2.45) is 11.8 Å². The minimum atomic E-state index is -0.685. The van der Waals surface area contributed by atoms with Crippen molar-refractivity contribution in [1.82, 2.24) is 14.7 Å². The zero-order valence-electron chi connectivity index (χ0n) is 23.4. The number of hydrogen-bond acceptors (Lipinski definition) is 6. The van der Waals surface area contributed by atoms with Crippen LogP contribution in [0.25, 0.3) is 0 Å². The molecule has 0 saturated carbocycles. The number of nitrogens with zero attached hydrogens (tertiary/aromatic N) is 4. The number of anilines is 1. The molecule has 3 fully saturated rings. The van der Waals surface area contributed by atoms with Crippen LogP contribution in [-0.4, -0.2) is 84.8 Å². The molecule has 5 aliphatic rings. The van der Waals surface area contributed by atoms with Crippen LogP contribution >= 0.6 is 0 Å². The van der Waals surface area contributed by atoms with Gasteiger partial charge in [-0.15, -0.1) is 0 Å². The summed E-state index contributed by atoms with van der Waals surface area (Å²) in [5.74, 6) is 1.14. The van der Waals surface area contributed by atoms with E-state index in [9.17, 15) is 19.2 Å². The Morgan fingerprint density at radius 2 is 1.80 bits per heavy atom. The molecule has 0 aromatic heterocycles. The van der Waals surface area contributed by atoms with Gasteiger partial charge in [-0.05, 0) is 49.3 Å². The third-order valence-electron chi connectivity index (χ3n) is 9.58. The maximum atomic E-state index is 13.9. The Labute approximate surface area is 238 Å². The van der Waals surface area contributed by atoms with Crippen LogP contribution in [0.3, 0.4) is 0 Å². The van der Waals surface area contributed by atoms with Gasteiger partial charge in [0.1, 0.15) is 6.17 Å². The quantitative estimate of drug-likeness (QED) is 0.560. The van der Waals surface area contributed by atoms with Crippen molar-refractivity contribution >= 4 is 29.3 Å². The summed E-state index contributed by atoms with van der Waals surface area (Å²) >= 11 is 0. The molecule has 10 nitrogen and oxygen atoms in total. The highest BCUT2D eigenvalue weighted by Gasteiger charge is 2.50. The summed E-state index contributed by atoms with van der Waals surface area (Å²) in [6.07, 6.45) is 3.08. The van der Waals surface area contributed by atoms with Crippen molar-refractivity contribution in [3.05, 3.63) is 53.1 Å². The largest absolute Gasteiger partial charge is 0.493 e. The Bertz CT molecular complexity index is 1460. The van der Waals surface area contributed by atoms with Gasteiger partial charge in [0.15, 0.2) is 11.5 Å². The monoisotopic (exact) mass is 558 g/mol. The second-order valence-electron chi connectivity index (χ2n) is 11.7. The molecule has 0 aliphatic carbocycles. The van der Waals surface area contributed by atoms with Crippen LogP contribution in [0.5, 0.6) is 11.5 Å². The van der Waals surface area contributed by atoms with E-state index < -0.39 is 6.17 Å². The molecule has 0 N–H and O–H groups in total. The van der Waals surface area contributed by atoms with Gasteiger partial charge in [0, 0.05) is 50.6 Å². The van der Waals surface area contributed by atoms with Crippen LogP contribution in [0, 0.1) is 11.8 Å². The van der Waals surface area contributed by atoms with E-state index in [1.165, 1.54) is 14.2 Å². The first-order chi connectivity index (χ1) is 19.9. The second kappa shape index (κ2) is 9.78. The van der Waals surface area contributed by atoms with Crippen LogP contribution in [0.1, 0.15) is 64.5 Å². The molecule has 7 rings (SSSR count). The molecule has 5 heterocycles. The number of methoxy groups -OCH3 is 2. The molecule has 2 bridgehead atoms. The van der Waals surface area contributed by atoms with Crippen LogP contribution in [0.15, 0.2) is 36.4 Å². The first-order valence-electron chi connectivity index (χ1n) is 14.5. The van der Waals surface area contributed by atoms with Gasteiger partial charge in [0.2, 0.25) is 11.8 Å². The number of hydrogen-bond donors (Lipinski definition) is 0. The van der Waals surface area contributed by atoms with Gasteiger partial charge in [-0.1, -0.05) is 18.2 Å². The fourth-order valence-electron chi connectivity index (χ4n) is 7.84. The van der Waals surface area contributed by atoms with E-state index in [1.54, 1.807) is 40.1 Å². The molecule has 0 spiro atoms. The molecular weight excluding hydrogens is 524 g/mol. The van der Waals surface area contributed by atoms with Crippen LogP contribution < -0.4 is 14.4 Å². The predicted octanol–water partition coefficient (Wildman–Crippen LogP) is 3.07. The lowest BCUT2D eigenvalue weighted by Crippen LogP contribution is -2.61. The summed E-state index contributed by atoms with van der Waals surface area (Å²) in [6, 6.07) is 10.9. The Hall–Kier alpha value is -4.08. The molecule has 214 valence electrons. The first-order valence-corrected chi connectivity index (χ1v) is 14.5. The number of carbonyl (C=O) groups is 4. The molecule has 5 aliphatic heterocycles. The van der Waals surface area contributed by atoms with E-state index in [0.717, 1.165) is 25.8 Å².